The van der Waals surface area contributed by atoms with Crippen molar-refractivity contribution in [2.24, 2.45) is 11.7 Å². The molecule has 96 valence electrons. The third-order valence-corrected chi connectivity index (χ3v) is 3.38. The Kier molecular flexibility index (Phi) is 5.27. The van der Waals surface area contributed by atoms with Crippen LogP contribution in [0.2, 0.25) is 0 Å². The zero-order valence-electron chi connectivity index (χ0n) is 9.35. The Morgan fingerprint density at radius 1 is 1.41 bits per heavy atom. The lowest BCUT2D eigenvalue weighted by Crippen LogP contribution is -2.42. The average molecular weight is 260 g/mol. The first-order chi connectivity index (χ1) is 8.00. The second-order valence-electron chi connectivity index (χ2n) is 3.99. The maximum atomic E-state index is 11.4. The monoisotopic (exact) mass is 260 g/mol. The number of aliphatic carboxylic acids is 1. The van der Waals surface area contributed by atoms with Crippen LogP contribution in [0.25, 0.3) is 0 Å². The van der Waals surface area contributed by atoms with Gasteiger partial charge in [-0.1, -0.05) is 0 Å². The second-order valence-corrected chi connectivity index (χ2v) is 5.09. The summed E-state index contributed by atoms with van der Waals surface area (Å²) in [5.41, 5.74) is 4.94. The lowest BCUT2D eigenvalue weighted by Gasteiger charge is -2.13. The van der Waals surface area contributed by atoms with Gasteiger partial charge >= 0.3 is 5.97 Å². The van der Waals surface area contributed by atoms with Gasteiger partial charge in [0.15, 0.2) is 0 Å². The molecule has 0 radical (unpaired) electrons. The van der Waals surface area contributed by atoms with Crippen molar-refractivity contribution in [1.29, 1.82) is 0 Å². The average Bonchev–Trinajstić information content (AvgIpc) is 3.04. The molecule has 1 unspecified atom stereocenters. The van der Waals surface area contributed by atoms with Gasteiger partial charge in [0.05, 0.1) is 5.75 Å². The maximum absolute atomic E-state index is 11.4. The van der Waals surface area contributed by atoms with E-state index >= 15 is 0 Å². The first kappa shape index (κ1) is 13.8. The smallest absolute Gasteiger partial charge is 0.326 e. The quantitative estimate of drug-likeness (QED) is 0.513. The highest BCUT2D eigenvalue weighted by atomic mass is 32.2. The number of hydrogen-bond donors (Lipinski definition) is 3. The number of primary amides is 1. The van der Waals surface area contributed by atoms with Crippen LogP contribution in [0.1, 0.15) is 19.3 Å². The summed E-state index contributed by atoms with van der Waals surface area (Å²) in [6.45, 7) is 0. The predicted octanol–water partition coefficient (Wildman–Crippen LogP) is -0.426. The normalized spacial score (nSPS) is 16.2. The minimum atomic E-state index is -0.981. The number of carbonyl (C=O) groups excluding carboxylic acids is 2. The Morgan fingerprint density at radius 2 is 2.06 bits per heavy atom. The molecule has 0 saturated heterocycles. The van der Waals surface area contributed by atoms with Gasteiger partial charge in [-0.05, 0) is 18.8 Å². The summed E-state index contributed by atoms with van der Waals surface area (Å²) in [6.07, 6.45) is 1.91. The van der Waals surface area contributed by atoms with E-state index in [4.69, 9.17) is 10.8 Å². The minimum Gasteiger partial charge on any atom is -0.480 e. The fourth-order valence-corrected chi connectivity index (χ4v) is 2.07. The van der Waals surface area contributed by atoms with Crippen molar-refractivity contribution in [1.82, 2.24) is 5.32 Å². The van der Waals surface area contributed by atoms with Crippen LogP contribution in [-0.4, -0.2) is 40.4 Å². The summed E-state index contributed by atoms with van der Waals surface area (Å²) >= 11 is 1.27. The summed E-state index contributed by atoms with van der Waals surface area (Å²) in [7, 11) is 0. The SMILES string of the molecule is NC(=O)CSCCC(=O)NC(C(=O)O)C1CC1. The largest absolute Gasteiger partial charge is 0.480 e. The second kappa shape index (κ2) is 6.48. The number of carboxylic acids is 1. The van der Waals surface area contributed by atoms with Gasteiger partial charge in [0.25, 0.3) is 0 Å². The van der Waals surface area contributed by atoms with Gasteiger partial charge in [-0.3, -0.25) is 9.59 Å². The topological polar surface area (TPSA) is 109 Å². The van der Waals surface area contributed by atoms with E-state index in [-0.39, 0.29) is 24.0 Å². The number of nitrogens with one attached hydrogen (secondary N) is 1. The van der Waals surface area contributed by atoms with Crippen molar-refractivity contribution in [3.63, 3.8) is 0 Å². The van der Waals surface area contributed by atoms with E-state index in [1.54, 1.807) is 0 Å². The summed E-state index contributed by atoms with van der Waals surface area (Å²) < 4.78 is 0. The Balaban J connectivity index is 2.18. The number of rotatable bonds is 8. The van der Waals surface area contributed by atoms with Gasteiger partial charge in [-0.2, -0.15) is 11.8 Å². The van der Waals surface area contributed by atoms with E-state index in [0.29, 0.717) is 5.75 Å². The van der Waals surface area contributed by atoms with Crippen LogP contribution in [-0.2, 0) is 14.4 Å². The van der Waals surface area contributed by atoms with Crippen LogP contribution in [0, 0.1) is 5.92 Å². The van der Waals surface area contributed by atoms with Crippen molar-refractivity contribution in [3.8, 4) is 0 Å². The molecule has 17 heavy (non-hydrogen) atoms. The molecule has 1 rings (SSSR count). The van der Waals surface area contributed by atoms with Gasteiger partial charge in [0, 0.05) is 12.2 Å². The molecule has 0 spiro atoms. The molecule has 1 aliphatic carbocycles. The molecule has 0 heterocycles. The van der Waals surface area contributed by atoms with E-state index in [9.17, 15) is 14.4 Å². The van der Waals surface area contributed by atoms with E-state index < -0.39 is 17.9 Å². The summed E-state index contributed by atoms with van der Waals surface area (Å²) in [5, 5.41) is 11.4. The molecule has 1 saturated carbocycles. The number of carbonyl (C=O) groups is 3. The Labute approximate surface area is 103 Å². The van der Waals surface area contributed by atoms with Crippen LogP contribution in [0.4, 0.5) is 0 Å². The lowest BCUT2D eigenvalue weighted by molar-refractivity contribution is -0.142. The fourth-order valence-electron chi connectivity index (χ4n) is 1.39. The highest BCUT2D eigenvalue weighted by Crippen LogP contribution is 2.32. The van der Waals surface area contributed by atoms with Crippen LogP contribution >= 0.6 is 11.8 Å². The zero-order valence-corrected chi connectivity index (χ0v) is 10.2. The number of carboxylic acid groups (broad SMARTS) is 1. The lowest BCUT2D eigenvalue weighted by atomic mass is 10.2. The minimum absolute atomic E-state index is 0.0784. The molecule has 0 aromatic carbocycles. The van der Waals surface area contributed by atoms with E-state index in [0.717, 1.165) is 12.8 Å². The molecular formula is C10H16N2O4S. The van der Waals surface area contributed by atoms with Gasteiger partial charge in [0.1, 0.15) is 6.04 Å². The molecule has 1 aliphatic rings. The standard InChI is InChI=1S/C10H16N2O4S/c11-7(13)5-17-4-3-8(14)12-9(10(15)16)6-1-2-6/h6,9H,1-5H2,(H2,11,13)(H,12,14)(H,15,16). The molecule has 7 heteroatoms. The molecule has 2 amide bonds. The van der Waals surface area contributed by atoms with Gasteiger partial charge < -0.3 is 16.2 Å². The van der Waals surface area contributed by atoms with E-state index in [1.807, 2.05) is 0 Å². The highest BCUT2D eigenvalue weighted by molar-refractivity contribution is 7.99. The number of hydrogen-bond acceptors (Lipinski definition) is 4. The predicted molar refractivity (Wildman–Crippen MR) is 63.4 cm³/mol. The van der Waals surface area contributed by atoms with Crippen molar-refractivity contribution in [2.75, 3.05) is 11.5 Å². The van der Waals surface area contributed by atoms with Crippen LogP contribution < -0.4 is 11.1 Å². The first-order valence-corrected chi connectivity index (χ1v) is 6.54. The van der Waals surface area contributed by atoms with Crippen molar-refractivity contribution < 1.29 is 19.5 Å². The summed E-state index contributed by atoms with van der Waals surface area (Å²) in [6, 6.07) is -0.761. The maximum Gasteiger partial charge on any atom is 0.326 e. The summed E-state index contributed by atoms with van der Waals surface area (Å²) in [4.78, 5) is 32.7. The van der Waals surface area contributed by atoms with E-state index in [2.05, 4.69) is 5.32 Å². The van der Waals surface area contributed by atoms with Crippen molar-refractivity contribution in [2.45, 2.75) is 25.3 Å². The van der Waals surface area contributed by atoms with Crippen LogP contribution in [0.15, 0.2) is 0 Å². The third-order valence-electron chi connectivity index (χ3n) is 2.39. The Bertz CT molecular complexity index is 317. The van der Waals surface area contributed by atoms with Gasteiger partial charge in [-0.25, -0.2) is 4.79 Å². The zero-order chi connectivity index (χ0) is 12.8. The van der Waals surface area contributed by atoms with Gasteiger partial charge in [-0.15, -0.1) is 0 Å². The van der Waals surface area contributed by atoms with Crippen LogP contribution in [0.3, 0.4) is 0 Å². The fraction of sp³-hybridized carbons (Fsp3) is 0.700. The Morgan fingerprint density at radius 3 is 2.53 bits per heavy atom. The molecule has 0 aromatic rings. The van der Waals surface area contributed by atoms with E-state index in [1.165, 1.54) is 11.8 Å². The van der Waals surface area contributed by atoms with Crippen molar-refractivity contribution in [3.05, 3.63) is 0 Å². The molecule has 0 aliphatic heterocycles. The summed E-state index contributed by atoms with van der Waals surface area (Å²) in [5.74, 6) is -0.970. The Hall–Kier alpha value is -1.24. The molecule has 1 atom stereocenters. The third kappa shape index (κ3) is 5.58. The number of thioether (sulfide) groups is 1. The number of nitrogens with two attached hydrogens (primary N) is 1. The first-order valence-electron chi connectivity index (χ1n) is 5.39. The molecule has 1 fully saturated rings. The molecule has 6 nitrogen and oxygen atoms in total. The number of amides is 2. The highest BCUT2D eigenvalue weighted by Gasteiger charge is 2.37. The molecule has 0 bridgehead atoms. The molecule has 4 N–H and O–H groups in total. The van der Waals surface area contributed by atoms with Gasteiger partial charge in [0.2, 0.25) is 11.8 Å². The van der Waals surface area contributed by atoms with Crippen molar-refractivity contribution >= 4 is 29.5 Å². The van der Waals surface area contributed by atoms with Crippen LogP contribution in [0.5, 0.6) is 0 Å². The molecule has 0 aromatic heterocycles. The molecular weight excluding hydrogens is 244 g/mol.